The van der Waals surface area contributed by atoms with E-state index >= 15 is 0 Å². The first-order valence-corrected chi connectivity index (χ1v) is 7.07. The van der Waals surface area contributed by atoms with Crippen LogP contribution in [0.25, 0.3) is 11.5 Å². The SMILES string of the molecule is Cc1nn(C)c(=O)c(-c2nc(Cc3ccc(F)cc3)no2)c1C. The Balaban J connectivity index is 1.97. The molecule has 0 radical (unpaired) electrons. The first-order chi connectivity index (χ1) is 11.0. The van der Waals surface area contributed by atoms with Gasteiger partial charge >= 0.3 is 0 Å². The molecule has 2 aromatic heterocycles. The van der Waals surface area contributed by atoms with Gasteiger partial charge in [-0.3, -0.25) is 4.79 Å². The van der Waals surface area contributed by atoms with E-state index in [0.717, 1.165) is 11.3 Å². The molecule has 0 unspecified atom stereocenters. The average molecular weight is 314 g/mol. The molecule has 2 heterocycles. The molecule has 0 fully saturated rings. The molecular weight excluding hydrogens is 299 g/mol. The minimum atomic E-state index is -0.297. The molecule has 0 saturated heterocycles. The molecule has 1 aromatic carbocycles. The van der Waals surface area contributed by atoms with Crippen LogP contribution in [0.5, 0.6) is 0 Å². The number of aryl methyl sites for hydroxylation is 2. The molecule has 0 saturated carbocycles. The maximum absolute atomic E-state index is 12.9. The van der Waals surface area contributed by atoms with Gasteiger partial charge in [0.1, 0.15) is 11.4 Å². The molecule has 7 heteroatoms. The summed E-state index contributed by atoms with van der Waals surface area (Å²) >= 11 is 0. The van der Waals surface area contributed by atoms with Crippen LogP contribution in [0.1, 0.15) is 22.6 Å². The van der Waals surface area contributed by atoms with Crippen LogP contribution in [0, 0.1) is 19.7 Å². The maximum Gasteiger partial charge on any atom is 0.279 e. The highest BCUT2D eigenvalue weighted by Gasteiger charge is 2.18. The van der Waals surface area contributed by atoms with E-state index in [9.17, 15) is 9.18 Å². The number of benzene rings is 1. The second kappa shape index (κ2) is 5.75. The van der Waals surface area contributed by atoms with Crippen LogP contribution in [0.15, 0.2) is 33.6 Å². The number of halogens is 1. The van der Waals surface area contributed by atoms with Crippen molar-refractivity contribution < 1.29 is 8.91 Å². The Labute approximate surface area is 131 Å². The van der Waals surface area contributed by atoms with Crippen molar-refractivity contribution in [3.8, 4) is 11.5 Å². The van der Waals surface area contributed by atoms with Gasteiger partial charge in [0.25, 0.3) is 11.4 Å². The zero-order valence-corrected chi connectivity index (χ0v) is 13.0. The fraction of sp³-hybridized carbons (Fsp3) is 0.250. The first-order valence-electron chi connectivity index (χ1n) is 7.07. The zero-order chi connectivity index (χ0) is 16.6. The summed E-state index contributed by atoms with van der Waals surface area (Å²) < 4.78 is 19.4. The summed E-state index contributed by atoms with van der Waals surface area (Å²) in [4.78, 5) is 16.6. The lowest BCUT2D eigenvalue weighted by Crippen LogP contribution is -2.23. The van der Waals surface area contributed by atoms with Crippen LogP contribution in [-0.4, -0.2) is 19.9 Å². The van der Waals surface area contributed by atoms with Gasteiger partial charge in [-0.1, -0.05) is 17.3 Å². The molecule has 0 aliphatic carbocycles. The van der Waals surface area contributed by atoms with Crippen molar-refractivity contribution in [1.29, 1.82) is 0 Å². The van der Waals surface area contributed by atoms with Gasteiger partial charge in [-0.2, -0.15) is 10.1 Å². The van der Waals surface area contributed by atoms with E-state index in [4.69, 9.17) is 4.52 Å². The van der Waals surface area contributed by atoms with Crippen molar-refractivity contribution in [3.63, 3.8) is 0 Å². The molecule has 0 bridgehead atoms. The van der Waals surface area contributed by atoms with Crippen molar-refractivity contribution in [1.82, 2.24) is 19.9 Å². The third kappa shape index (κ3) is 2.90. The Hall–Kier alpha value is -2.83. The highest BCUT2D eigenvalue weighted by molar-refractivity contribution is 5.57. The molecule has 23 heavy (non-hydrogen) atoms. The summed E-state index contributed by atoms with van der Waals surface area (Å²) in [5, 5.41) is 8.02. The molecule has 118 valence electrons. The molecule has 3 rings (SSSR count). The third-order valence-electron chi connectivity index (χ3n) is 3.68. The van der Waals surface area contributed by atoms with E-state index in [1.165, 1.54) is 16.8 Å². The lowest BCUT2D eigenvalue weighted by Gasteiger charge is -2.05. The summed E-state index contributed by atoms with van der Waals surface area (Å²) in [5.41, 5.74) is 2.36. The highest BCUT2D eigenvalue weighted by atomic mass is 19.1. The lowest BCUT2D eigenvalue weighted by molar-refractivity contribution is 0.422. The summed E-state index contributed by atoms with van der Waals surface area (Å²) in [6.45, 7) is 3.61. The molecule has 0 amide bonds. The second-order valence-electron chi connectivity index (χ2n) is 5.33. The van der Waals surface area contributed by atoms with Gasteiger partial charge in [-0.25, -0.2) is 9.07 Å². The van der Waals surface area contributed by atoms with Gasteiger partial charge in [-0.05, 0) is 37.1 Å². The third-order valence-corrected chi connectivity index (χ3v) is 3.68. The van der Waals surface area contributed by atoms with E-state index < -0.39 is 0 Å². The molecule has 0 spiro atoms. The fourth-order valence-corrected chi connectivity index (χ4v) is 2.31. The number of aromatic nitrogens is 4. The quantitative estimate of drug-likeness (QED) is 0.741. The monoisotopic (exact) mass is 314 g/mol. The van der Waals surface area contributed by atoms with Crippen LogP contribution in [0.2, 0.25) is 0 Å². The van der Waals surface area contributed by atoms with E-state index in [1.807, 2.05) is 6.92 Å². The predicted octanol–water partition coefficient (Wildman–Crippen LogP) is 2.18. The number of rotatable bonds is 3. The Bertz CT molecular complexity index is 913. The molecule has 0 N–H and O–H groups in total. The van der Waals surface area contributed by atoms with Crippen molar-refractivity contribution >= 4 is 0 Å². The van der Waals surface area contributed by atoms with Gasteiger partial charge in [-0.15, -0.1) is 0 Å². The topological polar surface area (TPSA) is 73.8 Å². The number of hydrogen-bond acceptors (Lipinski definition) is 5. The van der Waals surface area contributed by atoms with Crippen molar-refractivity contribution in [3.05, 3.63) is 63.1 Å². The van der Waals surface area contributed by atoms with Crippen LogP contribution >= 0.6 is 0 Å². The molecule has 0 aliphatic rings. The number of hydrogen-bond donors (Lipinski definition) is 0. The smallest absolute Gasteiger partial charge is 0.279 e. The second-order valence-corrected chi connectivity index (χ2v) is 5.33. The minimum absolute atomic E-state index is 0.172. The van der Waals surface area contributed by atoms with E-state index in [1.54, 1.807) is 26.1 Å². The molecule has 3 aromatic rings. The van der Waals surface area contributed by atoms with Crippen LogP contribution in [0.3, 0.4) is 0 Å². The summed E-state index contributed by atoms with van der Waals surface area (Å²) in [6.07, 6.45) is 0.396. The maximum atomic E-state index is 12.9. The predicted molar refractivity (Wildman–Crippen MR) is 81.5 cm³/mol. The van der Waals surface area contributed by atoms with Crippen molar-refractivity contribution in [2.24, 2.45) is 7.05 Å². The van der Waals surface area contributed by atoms with Gasteiger partial charge in [0, 0.05) is 13.5 Å². The summed E-state index contributed by atoms with van der Waals surface area (Å²) in [6, 6.07) is 6.07. The fourth-order valence-electron chi connectivity index (χ4n) is 2.31. The van der Waals surface area contributed by atoms with E-state index in [0.29, 0.717) is 23.4 Å². The van der Waals surface area contributed by atoms with Crippen molar-refractivity contribution in [2.75, 3.05) is 0 Å². The van der Waals surface area contributed by atoms with Gasteiger partial charge in [0.05, 0.1) is 5.69 Å². The Kier molecular flexibility index (Phi) is 3.77. The summed E-state index contributed by atoms with van der Waals surface area (Å²) in [7, 11) is 1.58. The highest BCUT2D eigenvalue weighted by Crippen LogP contribution is 2.19. The molecule has 0 atom stereocenters. The van der Waals surface area contributed by atoms with Gasteiger partial charge < -0.3 is 4.52 Å². The van der Waals surface area contributed by atoms with Crippen LogP contribution in [-0.2, 0) is 13.5 Å². The zero-order valence-electron chi connectivity index (χ0n) is 13.0. The van der Waals surface area contributed by atoms with Crippen molar-refractivity contribution in [2.45, 2.75) is 20.3 Å². The van der Waals surface area contributed by atoms with Gasteiger partial charge in [0.15, 0.2) is 5.82 Å². The van der Waals surface area contributed by atoms with E-state index in [-0.39, 0.29) is 17.3 Å². The normalized spacial score (nSPS) is 11.0. The minimum Gasteiger partial charge on any atom is -0.334 e. The Morgan fingerprint density at radius 2 is 1.91 bits per heavy atom. The largest absolute Gasteiger partial charge is 0.334 e. The molecule has 6 nitrogen and oxygen atoms in total. The number of nitrogens with zero attached hydrogens (tertiary/aromatic N) is 4. The standard InChI is InChI=1S/C16H15FN4O2/c1-9-10(2)19-21(3)16(22)14(9)15-18-13(20-23-15)8-11-4-6-12(17)7-5-11/h4-7H,8H2,1-3H3. The summed E-state index contributed by atoms with van der Waals surface area (Å²) in [5.74, 6) is 0.308. The van der Waals surface area contributed by atoms with Crippen LogP contribution in [0.4, 0.5) is 4.39 Å². The van der Waals surface area contributed by atoms with Gasteiger partial charge in [0.2, 0.25) is 0 Å². The lowest BCUT2D eigenvalue weighted by atomic mass is 10.1. The Morgan fingerprint density at radius 1 is 1.22 bits per heavy atom. The average Bonchev–Trinajstić information content (AvgIpc) is 2.96. The van der Waals surface area contributed by atoms with E-state index in [2.05, 4.69) is 15.2 Å². The Morgan fingerprint density at radius 3 is 2.61 bits per heavy atom. The molecular formula is C16H15FN4O2. The molecule has 0 aliphatic heterocycles. The van der Waals surface area contributed by atoms with Crippen LogP contribution < -0.4 is 5.56 Å². The first kappa shape index (κ1) is 15.1.